The van der Waals surface area contributed by atoms with Gasteiger partial charge in [-0.15, -0.1) is 0 Å². The van der Waals surface area contributed by atoms with Gasteiger partial charge >= 0.3 is 0 Å². The van der Waals surface area contributed by atoms with Gasteiger partial charge in [-0.1, -0.05) is 28.1 Å². The summed E-state index contributed by atoms with van der Waals surface area (Å²) in [5, 5.41) is 3.27. The third kappa shape index (κ3) is 4.39. The van der Waals surface area contributed by atoms with Crippen molar-refractivity contribution in [2.24, 2.45) is 0 Å². The second-order valence-corrected chi connectivity index (χ2v) is 5.65. The average molecular weight is 340 g/mol. The van der Waals surface area contributed by atoms with Crippen LogP contribution >= 0.6 is 15.9 Å². The van der Waals surface area contributed by atoms with Gasteiger partial charge < -0.3 is 5.32 Å². The van der Waals surface area contributed by atoms with Gasteiger partial charge in [0, 0.05) is 17.1 Å². The Kier molecular flexibility index (Phi) is 5.26. The highest BCUT2D eigenvalue weighted by Gasteiger charge is 2.02. The molecule has 0 unspecified atom stereocenters. The lowest BCUT2D eigenvalue weighted by Gasteiger charge is -2.08. The molecule has 0 aliphatic heterocycles. The summed E-state index contributed by atoms with van der Waals surface area (Å²) in [4.78, 5) is 0. The predicted octanol–water partition coefficient (Wildman–Crippen LogP) is 4.37. The maximum atomic E-state index is 13.0. The Morgan fingerprint density at radius 1 is 1.05 bits per heavy atom. The second-order valence-electron chi connectivity index (χ2n) is 4.80. The fraction of sp³-hybridized carbons (Fsp3) is 0.250. The summed E-state index contributed by atoms with van der Waals surface area (Å²) < 4.78 is 27.1. The Morgan fingerprint density at radius 3 is 2.40 bits per heavy atom. The first-order valence-corrected chi connectivity index (χ1v) is 7.24. The maximum Gasteiger partial charge on any atom is 0.126 e. The Labute approximate surface area is 126 Å². The van der Waals surface area contributed by atoms with Crippen LogP contribution < -0.4 is 5.32 Å². The van der Waals surface area contributed by atoms with Crippen molar-refractivity contribution in [1.82, 2.24) is 5.32 Å². The van der Waals surface area contributed by atoms with Crippen LogP contribution in [-0.4, -0.2) is 6.54 Å². The Hall–Kier alpha value is -1.26. The summed E-state index contributed by atoms with van der Waals surface area (Å²) in [5.74, 6) is -1.05. The fourth-order valence-corrected chi connectivity index (χ4v) is 2.64. The van der Waals surface area contributed by atoms with Crippen LogP contribution in [-0.2, 0) is 13.0 Å². The van der Waals surface area contributed by atoms with Crippen molar-refractivity contribution in [3.05, 3.63) is 69.2 Å². The van der Waals surface area contributed by atoms with Crippen LogP contribution in [0.15, 0.2) is 40.9 Å². The third-order valence-electron chi connectivity index (χ3n) is 3.04. The molecule has 2 rings (SSSR count). The van der Waals surface area contributed by atoms with Gasteiger partial charge in [0.1, 0.15) is 11.6 Å². The predicted molar refractivity (Wildman–Crippen MR) is 80.6 cm³/mol. The van der Waals surface area contributed by atoms with Crippen LogP contribution in [0.5, 0.6) is 0 Å². The van der Waals surface area contributed by atoms with Crippen LogP contribution in [0.4, 0.5) is 8.78 Å². The van der Waals surface area contributed by atoms with Crippen LogP contribution in [0.2, 0.25) is 0 Å². The van der Waals surface area contributed by atoms with E-state index in [0.29, 0.717) is 18.5 Å². The molecule has 0 atom stereocenters. The summed E-state index contributed by atoms with van der Waals surface area (Å²) in [7, 11) is 0. The van der Waals surface area contributed by atoms with Crippen molar-refractivity contribution in [2.75, 3.05) is 6.54 Å². The lowest BCUT2D eigenvalue weighted by molar-refractivity contribution is 0.577. The largest absolute Gasteiger partial charge is 0.312 e. The molecule has 1 nitrogen and oxygen atoms in total. The first-order valence-electron chi connectivity index (χ1n) is 6.45. The molecule has 0 saturated heterocycles. The van der Waals surface area contributed by atoms with Gasteiger partial charge in [0.25, 0.3) is 0 Å². The molecule has 0 amide bonds. The van der Waals surface area contributed by atoms with Crippen molar-refractivity contribution in [1.29, 1.82) is 0 Å². The van der Waals surface area contributed by atoms with E-state index in [9.17, 15) is 8.78 Å². The van der Waals surface area contributed by atoms with Crippen molar-refractivity contribution < 1.29 is 8.78 Å². The minimum atomic E-state index is -0.527. The molecule has 2 aromatic rings. The molecule has 0 aromatic heterocycles. The molecule has 4 heteroatoms. The summed E-state index contributed by atoms with van der Waals surface area (Å²) in [5.41, 5.74) is 3.04. The molecule has 0 spiro atoms. The van der Waals surface area contributed by atoms with Crippen LogP contribution in [0, 0.1) is 18.6 Å². The summed E-state index contributed by atoms with van der Waals surface area (Å²) >= 11 is 3.52. The molecule has 106 valence electrons. The van der Waals surface area contributed by atoms with E-state index in [1.54, 1.807) is 0 Å². The zero-order valence-electron chi connectivity index (χ0n) is 11.2. The molecule has 0 saturated carbocycles. The van der Waals surface area contributed by atoms with Crippen LogP contribution in [0.25, 0.3) is 0 Å². The quantitative estimate of drug-likeness (QED) is 0.797. The highest BCUT2D eigenvalue weighted by Crippen LogP contribution is 2.18. The van der Waals surface area contributed by atoms with Gasteiger partial charge in [-0.2, -0.15) is 0 Å². The standard InChI is InChI=1S/C16H16BrF2N/c1-11-2-3-13(16(17)6-11)10-20-5-4-12-7-14(18)9-15(19)8-12/h2-3,6-9,20H,4-5,10H2,1H3. The molecule has 0 fully saturated rings. The van der Waals surface area contributed by atoms with E-state index in [2.05, 4.69) is 39.4 Å². The molecule has 2 aromatic carbocycles. The lowest BCUT2D eigenvalue weighted by Crippen LogP contribution is -2.17. The van der Waals surface area contributed by atoms with Gasteiger partial charge in [-0.3, -0.25) is 0 Å². The summed E-state index contributed by atoms with van der Waals surface area (Å²) in [6.45, 7) is 3.43. The molecule has 0 heterocycles. The number of hydrogen-bond donors (Lipinski definition) is 1. The lowest BCUT2D eigenvalue weighted by atomic mass is 10.1. The number of halogens is 3. The topological polar surface area (TPSA) is 12.0 Å². The van der Waals surface area contributed by atoms with Crippen LogP contribution in [0.1, 0.15) is 16.7 Å². The van der Waals surface area contributed by atoms with E-state index in [1.165, 1.54) is 23.3 Å². The number of benzene rings is 2. The van der Waals surface area contributed by atoms with Crippen molar-refractivity contribution in [2.45, 2.75) is 19.9 Å². The minimum absolute atomic E-state index is 0.527. The van der Waals surface area contributed by atoms with E-state index >= 15 is 0 Å². The molecule has 0 bridgehead atoms. The average Bonchev–Trinajstić information content (AvgIpc) is 2.35. The normalized spacial score (nSPS) is 10.8. The van der Waals surface area contributed by atoms with E-state index in [-0.39, 0.29) is 0 Å². The monoisotopic (exact) mass is 339 g/mol. The zero-order chi connectivity index (χ0) is 14.5. The Morgan fingerprint density at radius 2 is 1.75 bits per heavy atom. The number of hydrogen-bond acceptors (Lipinski definition) is 1. The molecular weight excluding hydrogens is 324 g/mol. The van der Waals surface area contributed by atoms with E-state index in [4.69, 9.17) is 0 Å². The van der Waals surface area contributed by atoms with Crippen molar-refractivity contribution in [3.8, 4) is 0 Å². The van der Waals surface area contributed by atoms with Gasteiger partial charge in [-0.25, -0.2) is 8.78 Å². The molecular formula is C16H16BrF2N. The molecule has 0 radical (unpaired) electrons. The number of rotatable bonds is 5. The first kappa shape index (κ1) is 15.1. The van der Waals surface area contributed by atoms with Crippen molar-refractivity contribution >= 4 is 15.9 Å². The second kappa shape index (κ2) is 6.95. The smallest absolute Gasteiger partial charge is 0.126 e. The van der Waals surface area contributed by atoms with Gasteiger partial charge in [0.05, 0.1) is 0 Å². The summed E-state index contributed by atoms with van der Waals surface area (Å²) in [6, 6.07) is 9.82. The van der Waals surface area contributed by atoms with E-state index < -0.39 is 11.6 Å². The molecule has 0 aliphatic carbocycles. The molecule has 20 heavy (non-hydrogen) atoms. The Balaban J connectivity index is 1.84. The SMILES string of the molecule is Cc1ccc(CNCCc2cc(F)cc(F)c2)c(Br)c1. The number of aryl methyl sites for hydroxylation is 1. The van der Waals surface area contributed by atoms with Gasteiger partial charge in [-0.05, 0) is 54.8 Å². The minimum Gasteiger partial charge on any atom is -0.312 e. The zero-order valence-corrected chi connectivity index (χ0v) is 12.8. The maximum absolute atomic E-state index is 13.0. The van der Waals surface area contributed by atoms with E-state index in [0.717, 1.165) is 17.1 Å². The number of nitrogens with one attached hydrogen (secondary N) is 1. The summed E-state index contributed by atoms with van der Waals surface area (Å²) in [6.07, 6.45) is 0.595. The fourth-order valence-electron chi connectivity index (χ4n) is 2.01. The molecule has 1 N–H and O–H groups in total. The van der Waals surface area contributed by atoms with Gasteiger partial charge in [0.15, 0.2) is 0 Å². The third-order valence-corrected chi connectivity index (χ3v) is 3.78. The van der Waals surface area contributed by atoms with Crippen LogP contribution in [0.3, 0.4) is 0 Å². The van der Waals surface area contributed by atoms with Gasteiger partial charge in [0.2, 0.25) is 0 Å². The highest BCUT2D eigenvalue weighted by atomic mass is 79.9. The van der Waals surface area contributed by atoms with Crippen molar-refractivity contribution in [3.63, 3.8) is 0 Å². The van der Waals surface area contributed by atoms with E-state index in [1.807, 2.05) is 6.92 Å². The first-order chi connectivity index (χ1) is 9.54. The Bertz CT molecular complexity index is 579. The molecule has 0 aliphatic rings. The highest BCUT2D eigenvalue weighted by molar-refractivity contribution is 9.10.